The first-order chi connectivity index (χ1) is 9.39. The molecular weight excluding hydrogens is 272 g/mol. The molecule has 1 aromatic carbocycles. The summed E-state index contributed by atoms with van der Waals surface area (Å²) in [6, 6.07) is 8.50. The van der Waals surface area contributed by atoms with Crippen molar-refractivity contribution in [1.29, 1.82) is 0 Å². The van der Waals surface area contributed by atoms with Crippen molar-refractivity contribution in [3.63, 3.8) is 0 Å². The van der Waals surface area contributed by atoms with Gasteiger partial charge in [0.2, 0.25) is 0 Å². The summed E-state index contributed by atoms with van der Waals surface area (Å²) in [6.07, 6.45) is 2.28. The molecule has 0 fully saturated rings. The first kappa shape index (κ1) is 17.0. The Labute approximate surface area is 123 Å². The molecule has 0 aromatic heterocycles. The number of rotatable bonds is 8. The summed E-state index contributed by atoms with van der Waals surface area (Å²) < 4.78 is 22.6. The predicted molar refractivity (Wildman–Crippen MR) is 86.1 cm³/mol. The molecule has 0 aliphatic rings. The summed E-state index contributed by atoms with van der Waals surface area (Å²) in [4.78, 5) is 2.02. The summed E-state index contributed by atoms with van der Waals surface area (Å²) in [5.74, 6) is 0.176. The standard InChI is InChI=1S/C15H26N2O2S/c1-5-14(16-6-2)13-9-7-8-10-15(13)17(3)11-12-20(4,18)19/h7-10,14,16H,5-6,11-12H2,1-4H3. The molecule has 0 saturated heterocycles. The number of sulfone groups is 1. The molecule has 0 aliphatic heterocycles. The molecule has 5 heteroatoms. The van der Waals surface area contributed by atoms with Gasteiger partial charge in [0.05, 0.1) is 5.75 Å². The number of anilines is 1. The maximum atomic E-state index is 11.3. The first-order valence-electron chi connectivity index (χ1n) is 7.10. The van der Waals surface area contributed by atoms with Gasteiger partial charge in [-0.3, -0.25) is 0 Å². The van der Waals surface area contributed by atoms with Crippen molar-refractivity contribution >= 4 is 15.5 Å². The van der Waals surface area contributed by atoms with Crippen molar-refractivity contribution in [2.45, 2.75) is 26.3 Å². The Bertz CT molecular complexity index is 514. The van der Waals surface area contributed by atoms with E-state index in [2.05, 4.69) is 31.3 Å². The Hall–Kier alpha value is -1.07. The van der Waals surface area contributed by atoms with Crippen LogP contribution in [0.2, 0.25) is 0 Å². The van der Waals surface area contributed by atoms with Crippen molar-refractivity contribution in [1.82, 2.24) is 5.32 Å². The van der Waals surface area contributed by atoms with Crippen molar-refractivity contribution in [2.24, 2.45) is 0 Å². The van der Waals surface area contributed by atoms with Gasteiger partial charge in [-0.2, -0.15) is 0 Å². The van der Waals surface area contributed by atoms with Gasteiger partial charge in [-0.05, 0) is 24.6 Å². The van der Waals surface area contributed by atoms with Crippen molar-refractivity contribution < 1.29 is 8.42 Å². The zero-order valence-corrected chi connectivity index (χ0v) is 13.7. The van der Waals surface area contributed by atoms with Crippen molar-refractivity contribution in [3.8, 4) is 0 Å². The number of hydrogen-bond donors (Lipinski definition) is 1. The molecule has 0 heterocycles. The van der Waals surface area contributed by atoms with Crippen LogP contribution in [0.1, 0.15) is 31.9 Å². The molecule has 20 heavy (non-hydrogen) atoms. The fourth-order valence-electron chi connectivity index (χ4n) is 2.27. The third-order valence-electron chi connectivity index (χ3n) is 3.38. The normalized spacial score (nSPS) is 13.2. The summed E-state index contributed by atoms with van der Waals surface area (Å²) >= 11 is 0. The molecule has 0 amide bonds. The topological polar surface area (TPSA) is 49.4 Å². The molecule has 1 N–H and O–H groups in total. The summed E-state index contributed by atoms with van der Waals surface area (Å²) in [5.41, 5.74) is 2.33. The van der Waals surface area contributed by atoms with Gasteiger partial charge in [-0.25, -0.2) is 8.42 Å². The molecule has 1 aromatic rings. The second kappa shape index (κ2) is 7.64. The monoisotopic (exact) mass is 298 g/mol. The average Bonchev–Trinajstić information content (AvgIpc) is 2.41. The van der Waals surface area contributed by atoms with E-state index in [4.69, 9.17) is 0 Å². The molecule has 114 valence electrons. The SMILES string of the molecule is CCNC(CC)c1ccccc1N(C)CCS(C)(=O)=O. The van der Waals surface area contributed by atoms with E-state index in [0.29, 0.717) is 12.6 Å². The average molecular weight is 298 g/mol. The van der Waals surface area contributed by atoms with E-state index in [1.807, 2.05) is 24.1 Å². The molecule has 4 nitrogen and oxygen atoms in total. The van der Waals surface area contributed by atoms with Crippen LogP contribution in [0.15, 0.2) is 24.3 Å². The maximum Gasteiger partial charge on any atom is 0.149 e. The van der Waals surface area contributed by atoms with E-state index in [1.54, 1.807) is 0 Å². The van der Waals surface area contributed by atoms with E-state index in [9.17, 15) is 8.42 Å². The molecule has 0 radical (unpaired) electrons. The van der Waals surface area contributed by atoms with Crippen molar-refractivity contribution in [2.75, 3.05) is 37.0 Å². The molecule has 1 unspecified atom stereocenters. The molecule has 1 rings (SSSR count). The van der Waals surface area contributed by atoms with Crippen molar-refractivity contribution in [3.05, 3.63) is 29.8 Å². The number of hydrogen-bond acceptors (Lipinski definition) is 4. The van der Waals surface area contributed by atoms with Crippen LogP contribution in [0.25, 0.3) is 0 Å². The van der Waals surface area contributed by atoms with E-state index in [0.717, 1.165) is 18.7 Å². The highest BCUT2D eigenvalue weighted by Crippen LogP contribution is 2.27. The molecule has 0 aliphatic carbocycles. The van der Waals surface area contributed by atoms with Crippen LogP contribution < -0.4 is 10.2 Å². The van der Waals surface area contributed by atoms with Crippen LogP contribution in [-0.2, 0) is 9.84 Å². The van der Waals surface area contributed by atoms with E-state index in [-0.39, 0.29) is 5.75 Å². The lowest BCUT2D eigenvalue weighted by molar-refractivity contribution is 0.537. The zero-order valence-electron chi connectivity index (χ0n) is 12.9. The van der Waals surface area contributed by atoms with Gasteiger partial charge in [0, 0.05) is 31.6 Å². The molecule has 0 spiro atoms. The zero-order chi connectivity index (χ0) is 15.2. The molecular formula is C15H26N2O2S. The molecule has 1 atom stereocenters. The van der Waals surface area contributed by atoms with E-state index >= 15 is 0 Å². The maximum absolute atomic E-state index is 11.3. The highest BCUT2D eigenvalue weighted by molar-refractivity contribution is 7.90. The van der Waals surface area contributed by atoms with Crippen LogP contribution in [0.5, 0.6) is 0 Å². The smallest absolute Gasteiger partial charge is 0.149 e. The summed E-state index contributed by atoms with van der Waals surface area (Å²) in [7, 11) is -0.986. The van der Waals surface area contributed by atoms with Gasteiger partial charge in [-0.15, -0.1) is 0 Å². The lowest BCUT2D eigenvalue weighted by atomic mass is 10.0. The van der Waals surface area contributed by atoms with Crippen LogP contribution in [0, 0.1) is 0 Å². The summed E-state index contributed by atoms with van der Waals surface area (Å²) in [5, 5.41) is 3.47. The fraction of sp³-hybridized carbons (Fsp3) is 0.600. The Morgan fingerprint density at radius 2 is 1.90 bits per heavy atom. The number of nitrogens with one attached hydrogen (secondary N) is 1. The Balaban J connectivity index is 2.93. The van der Waals surface area contributed by atoms with E-state index < -0.39 is 9.84 Å². The van der Waals surface area contributed by atoms with E-state index in [1.165, 1.54) is 11.8 Å². The molecule has 0 bridgehead atoms. The largest absolute Gasteiger partial charge is 0.373 e. The van der Waals surface area contributed by atoms with Gasteiger partial charge < -0.3 is 10.2 Å². The molecule has 0 saturated carbocycles. The fourth-order valence-corrected chi connectivity index (χ4v) is 2.88. The van der Waals surface area contributed by atoms with Gasteiger partial charge in [-0.1, -0.05) is 32.0 Å². The highest BCUT2D eigenvalue weighted by Gasteiger charge is 2.15. The number of benzene rings is 1. The first-order valence-corrected chi connectivity index (χ1v) is 9.16. The highest BCUT2D eigenvalue weighted by atomic mass is 32.2. The van der Waals surface area contributed by atoms with Crippen LogP contribution >= 0.6 is 0 Å². The lowest BCUT2D eigenvalue weighted by Crippen LogP contribution is -2.28. The predicted octanol–water partition coefficient (Wildman–Crippen LogP) is 2.23. The van der Waals surface area contributed by atoms with Gasteiger partial charge in [0.1, 0.15) is 9.84 Å². The summed E-state index contributed by atoms with van der Waals surface area (Å²) in [6.45, 7) is 5.68. The third kappa shape index (κ3) is 5.13. The minimum Gasteiger partial charge on any atom is -0.373 e. The Kier molecular flexibility index (Phi) is 6.49. The minimum absolute atomic E-state index is 0.176. The van der Waals surface area contributed by atoms with Gasteiger partial charge in [0.15, 0.2) is 0 Å². The Morgan fingerprint density at radius 1 is 1.25 bits per heavy atom. The minimum atomic E-state index is -2.93. The van der Waals surface area contributed by atoms with Crippen LogP contribution in [0.3, 0.4) is 0 Å². The number of nitrogens with zero attached hydrogens (tertiary/aromatic N) is 1. The van der Waals surface area contributed by atoms with Crippen LogP contribution in [0.4, 0.5) is 5.69 Å². The second-order valence-electron chi connectivity index (χ2n) is 5.13. The Morgan fingerprint density at radius 3 is 2.45 bits per heavy atom. The number of para-hydroxylation sites is 1. The van der Waals surface area contributed by atoms with Crippen LogP contribution in [-0.4, -0.2) is 40.6 Å². The second-order valence-corrected chi connectivity index (χ2v) is 7.39. The quantitative estimate of drug-likeness (QED) is 0.799. The van der Waals surface area contributed by atoms with Gasteiger partial charge in [0.25, 0.3) is 0 Å². The third-order valence-corrected chi connectivity index (χ3v) is 4.30. The lowest BCUT2D eigenvalue weighted by Gasteiger charge is -2.26. The van der Waals surface area contributed by atoms with Gasteiger partial charge >= 0.3 is 0 Å².